The molecule has 2 aliphatic rings. The van der Waals surface area contributed by atoms with E-state index >= 15 is 4.39 Å². The third kappa shape index (κ3) is 3.94. The summed E-state index contributed by atoms with van der Waals surface area (Å²) in [5.74, 6) is -3.02. The number of fused-ring (bicyclic) bond motifs is 3. The maximum atomic E-state index is 15.3. The topological polar surface area (TPSA) is 90.9 Å². The van der Waals surface area contributed by atoms with Crippen molar-refractivity contribution in [2.24, 2.45) is 5.92 Å². The lowest BCUT2D eigenvalue weighted by atomic mass is 9.75. The van der Waals surface area contributed by atoms with Crippen LogP contribution in [0.25, 0.3) is 0 Å². The molecule has 2 aromatic rings. The minimum absolute atomic E-state index is 0.0245. The third-order valence-corrected chi connectivity index (χ3v) is 9.00. The summed E-state index contributed by atoms with van der Waals surface area (Å²) in [5.41, 5.74) is -0.339. The summed E-state index contributed by atoms with van der Waals surface area (Å²) in [6.45, 7) is -0.301. The summed E-state index contributed by atoms with van der Waals surface area (Å²) < 4.78 is 72.7. The van der Waals surface area contributed by atoms with E-state index < -0.39 is 50.1 Å². The van der Waals surface area contributed by atoms with Crippen LogP contribution in [0.2, 0.25) is 5.02 Å². The molecule has 3 atom stereocenters. The predicted octanol–water partition coefficient (Wildman–Crippen LogP) is 3.83. The molecule has 2 aromatic carbocycles. The van der Waals surface area contributed by atoms with Crippen molar-refractivity contribution in [1.82, 2.24) is 5.32 Å². The second-order valence-corrected chi connectivity index (χ2v) is 10.5. The summed E-state index contributed by atoms with van der Waals surface area (Å²) in [6, 6.07) is 7.35. The summed E-state index contributed by atoms with van der Waals surface area (Å²) in [7, 11) is -2.87. The first kappa shape index (κ1) is 23.7. The number of carbonyl (C=O) groups excluding carboxylic acids is 1. The summed E-state index contributed by atoms with van der Waals surface area (Å²) in [6.07, 6.45) is -1.36. The lowest BCUT2D eigenvalue weighted by Crippen LogP contribution is -2.57. The number of rotatable bonds is 5. The monoisotopic (exact) mass is 501 g/mol. The number of amides is 1. The van der Waals surface area contributed by atoms with Crippen molar-refractivity contribution in [1.29, 1.82) is 0 Å². The van der Waals surface area contributed by atoms with E-state index in [-0.39, 0.29) is 43.1 Å². The number of ether oxygens (including phenoxy) is 3. The van der Waals surface area contributed by atoms with Gasteiger partial charge in [-0.15, -0.1) is 0 Å². The van der Waals surface area contributed by atoms with Gasteiger partial charge in [0, 0.05) is 31.0 Å². The molecule has 1 saturated heterocycles. The van der Waals surface area contributed by atoms with Gasteiger partial charge in [0.1, 0.15) is 10.6 Å². The molecule has 1 fully saturated rings. The number of hydrogen-bond acceptors (Lipinski definition) is 6. The van der Waals surface area contributed by atoms with Crippen LogP contribution in [-0.2, 0) is 24.1 Å². The molecule has 2 aliphatic heterocycles. The van der Waals surface area contributed by atoms with Gasteiger partial charge in [-0.2, -0.15) is 0 Å². The molecule has 0 radical (unpaired) electrons. The lowest BCUT2D eigenvalue weighted by molar-refractivity contribution is -0.0810. The Hall–Kier alpha value is -2.43. The second kappa shape index (κ2) is 9.08. The SMILES string of the molecule is CNC(=O)OCC[C@H]1OCC[C@]2(S(=O)(=O)c3ccc(Cl)cc3)c3c(F)ccc(F)c3OC[C@H]12. The standard InChI is InChI=1S/C22H22ClF2NO6S/c1-26-21(27)31-10-8-18-15-12-32-20-17(25)7-6-16(24)19(20)22(15,9-11-30-18)33(28,29)14-4-2-13(23)3-5-14/h2-7,15,18H,8-12H2,1H3,(H,26,27)/t15-,18-,22-/m1/s1. The molecule has 0 spiro atoms. The zero-order chi connectivity index (χ0) is 23.8. The molecule has 0 bridgehead atoms. The van der Waals surface area contributed by atoms with Crippen molar-refractivity contribution in [3.05, 3.63) is 58.6 Å². The van der Waals surface area contributed by atoms with Crippen LogP contribution in [0.15, 0.2) is 41.3 Å². The van der Waals surface area contributed by atoms with Gasteiger partial charge >= 0.3 is 6.09 Å². The van der Waals surface area contributed by atoms with Gasteiger partial charge in [0.2, 0.25) is 0 Å². The quantitative estimate of drug-likeness (QED) is 0.669. The number of sulfone groups is 1. The fraction of sp³-hybridized carbons (Fsp3) is 0.409. The Morgan fingerprint density at radius 2 is 1.91 bits per heavy atom. The van der Waals surface area contributed by atoms with Gasteiger partial charge in [-0.05, 0) is 42.8 Å². The second-order valence-electron chi connectivity index (χ2n) is 7.83. The van der Waals surface area contributed by atoms with Crippen molar-refractivity contribution in [3.63, 3.8) is 0 Å². The van der Waals surface area contributed by atoms with Gasteiger partial charge in [-0.25, -0.2) is 22.0 Å². The smallest absolute Gasteiger partial charge is 0.406 e. The highest BCUT2D eigenvalue weighted by molar-refractivity contribution is 7.92. The molecule has 0 saturated carbocycles. The van der Waals surface area contributed by atoms with E-state index in [4.69, 9.17) is 25.8 Å². The van der Waals surface area contributed by atoms with Gasteiger partial charge < -0.3 is 19.5 Å². The Labute approximate surface area is 194 Å². The van der Waals surface area contributed by atoms with Gasteiger partial charge in [-0.1, -0.05) is 11.6 Å². The van der Waals surface area contributed by atoms with E-state index in [1.807, 2.05) is 0 Å². The van der Waals surface area contributed by atoms with Crippen LogP contribution in [0.5, 0.6) is 5.75 Å². The first-order valence-electron chi connectivity index (χ1n) is 10.3. The number of nitrogens with one attached hydrogen (secondary N) is 1. The van der Waals surface area contributed by atoms with Gasteiger partial charge in [0.15, 0.2) is 21.4 Å². The fourth-order valence-electron chi connectivity index (χ4n) is 4.67. The average Bonchev–Trinajstić information content (AvgIpc) is 2.81. The third-order valence-electron chi connectivity index (χ3n) is 6.19. The molecule has 1 amide bonds. The van der Waals surface area contributed by atoms with Gasteiger partial charge in [0.05, 0.1) is 29.8 Å². The molecule has 4 rings (SSSR count). The fourth-order valence-corrected chi connectivity index (χ4v) is 7.14. The Morgan fingerprint density at radius 3 is 2.61 bits per heavy atom. The van der Waals surface area contributed by atoms with Crippen LogP contribution in [-0.4, -0.2) is 47.5 Å². The van der Waals surface area contributed by atoms with Gasteiger partial charge in [-0.3, -0.25) is 0 Å². The van der Waals surface area contributed by atoms with Gasteiger partial charge in [0.25, 0.3) is 0 Å². The molecular formula is C22H22ClF2NO6S. The van der Waals surface area contributed by atoms with E-state index in [0.717, 1.165) is 12.1 Å². The molecule has 0 aliphatic carbocycles. The molecule has 7 nitrogen and oxygen atoms in total. The number of hydrogen-bond donors (Lipinski definition) is 1. The summed E-state index contributed by atoms with van der Waals surface area (Å²) in [4.78, 5) is 11.3. The number of alkyl carbamates (subject to hydrolysis) is 1. The van der Waals surface area contributed by atoms with Crippen molar-refractivity contribution >= 4 is 27.5 Å². The first-order valence-corrected chi connectivity index (χ1v) is 12.2. The minimum atomic E-state index is -4.28. The molecule has 0 unspecified atom stereocenters. The molecular weight excluding hydrogens is 480 g/mol. The molecule has 1 N–H and O–H groups in total. The van der Waals surface area contributed by atoms with Crippen LogP contribution >= 0.6 is 11.6 Å². The highest BCUT2D eigenvalue weighted by Gasteiger charge is 2.61. The number of benzene rings is 2. The summed E-state index contributed by atoms with van der Waals surface area (Å²) >= 11 is 5.94. The molecule has 2 heterocycles. The Kier molecular flexibility index (Phi) is 6.52. The number of halogens is 3. The normalized spacial score (nSPS) is 24.2. The van der Waals surface area contributed by atoms with E-state index in [1.165, 1.54) is 31.3 Å². The summed E-state index contributed by atoms with van der Waals surface area (Å²) in [5, 5.41) is 2.66. The van der Waals surface area contributed by atoms with Crippen LogP contribution < -0.4 is 10.1 Å². The molecule has 33 heavy (non-hydrogen) atoms. The molecule has 178 valence electrons. The molecule has 11 heteroatoms. The lowest BCUT2D eigenvalue weighted by Gasteiger charge is -2.50. The van der Waals surface area contributed by atoms with Crippen LogP contribution in [0, 0.1) is 17.6 Å². The number of carbonyl (C=O) groups is 1. The van der Waals surface area contributed by atoms with Crippen LogP contribution in [0.4, 0.5) is 13.6 Å². The zero-order valence-corrected chi connectivity index (χ0v) is 19.2. The van der Waals surface area contributed by atoms with Crippen molar-refractivity contribution in [2.75, 3.05) is 26.9 Å². The average molecular weight is 502 g/mol. The Bertz CT molecular complexity index is 1160. The van der Waals surface area contributed by atoms with E-state index in [1.54, 1.807) is 0 Å². The maximum Gasteiger partial charge on any atom is 0.406 e. The molecule has 0 aromatic heterocycles. The van der Waals surface area contributed by atoms with E-state index in [0.29, 0.717) is 5.02 Å². The van der Waals surface area contributed by atoms with Crippen molar-refractivity contribution < 1.29 is 36.2 Å². The maximum absolute atomic E-state index is 15.3. The Balaban J connectivity index is 1.86. The van der Waals surface area contributed by atoms with Crippen LogP contribution in [0.1, 0.15) is 18.4 Å². The van der Waals surface area contributed by atoms with Crippen molar-refractivity contribution in [3.8, 4) is 5.75 Å². The minimum Gasteiger partial charge on any atom is -0.490 e. The zero-order valence-electron chi connectivity index (χ0n) is 17.6. The van der Waals surface area contributed by atoms with Crippen molar-refractivity contribution in [2.45, 2.75) is 28.6 Å². The largest absolute Gasteiger partial charge is 0.490 e. The first-order chi connectivity index (χ1) is 15.7. The Morgan fingerprint density at radius 1 is 1.21 bits per heavy atom. The highest BCUT2D eigenvalue weighted by atomic mass is 35.5. The van der Waals surface area contributed by atoms with E-state index in [2.05, 4.69) is 5.32 Å². The van der Waals surface area contributed by atoms with Crippen LogP contribution in [0.3, 0.4) is 0 Å². The highest BCUT2D eigenvalue weighted by Crippen LogP contribution is 2.55. The predicted molar refractivity (Wildman–Crippen MR) is 115 cm³/mol. The van der Waals surface area contributed by atoms with E-state index in [9.17, 15) is 17.6 Å².